The van der Waals surface area contributed by atoms with Crippen molar-refractivity contribution in [2.75, 3.05) is 31.6 Å². The predicted octanol–water partition coefficient (Wildman–Crippen LogP) is -0.625. The van der Waals surface area contributed by atoms with Gasteiger partial charge < -0.3 is 24.5 Å². The second-order valence-electron chi connectivity index (χ2n) is 4.16. The zero-order chi connectivity index (χ0) is 12.3. The summed E-state index contributed by atoms with van der Waals surface area (Å²) in [5, 5.41) is 20.0. The molecule has 2 unspecified atom stereocenters. The first-order valence-electron chi connectivity index (χ1n) is 5.71. The Morgan fingerprint density at radius 3 is 3.00 bits per heavy atom. The number of rotatable bonds is 4. The molecule has 1 aromatic rings. The van der Waals surface area contributed by atoms with E-state index in [0.29, 0.717) is 31.5 Å². The quantitative estimate of drug-likeness (QED) is 0.727. The van der Waals surface area contributed by atoms with Crippen LogP contribution in [0.2, 0.25) is 0 Å². The number of aliphatic hydroxyl groups is 1. The molecule has 2 rings (SSSR count). The molecule has 1 aromatic heterocycles. The Morgan fingerprint density at radius 1 is 1.47 bits per heavy atom. The highest BCUT2D eigenvalue weighted by Gasteiger charge is 2.27. The average Bonchev–Trinajstić information content (AvgIpc) is 2.77. The van der Waals surface area contributed by atoms with Crippen molar-refractivity contribution in [1.82, 2.24) is 15.5 Å². The summed E-state index contributed by atoms with van der Waals surface area (Å²) >= 11 is 0. The van der Waals surface area contributed by atoms with Gasteiger partial charge in [0.1, 0.15) is 0 Å². The molecule has 2 heterocycles. The van der Waals surface area contributed by atoms with E-state index in [4.69, 9.17) is 14.3 Å². The normalized spacial score (nSPS) is 25.2. The van der Waals surface area contributed by atoms with E-state index in [1.165, 1.54) is 0 Å². The number of morpholine rings is 1. The smallest absolute Gasteiger partial charge is 0.318 e. The lowest BCUT2D eigenvalue weighted by Gasteiger charge is -2.34. The van der Waals surface area contributed by atoms with Gasteiger partial charge >= 0.3 is 6.01 Å². The first kappa shape index (κ1) is 12.3. The van der Waals surface area contributed by atoms with E-state index in [2.05, 4.69) is 15.5 Å². The molecule has 1 aliphatic rings. The van der Waals surface area contributed by atoms with Crippen LogP contribution in [0.1, 0.15) is 12.8 Å². The molecule has 1 fully saturated rings. The molecule has 17 heavy (non-hydrogen) atoms. The molecule has 0 radical (unpaired) electrons. The highest BCUT2D eigenvalue weighted by molar-refractivity contribution is 5.25. The molecule has 0 aromatic carbocycles. The first-order chi connectivity index (χ1) is 8.22. The minimum Gasteiger partial charge on any atom is -0.407 e. The maximum Gasteiger partial charge on any atom is 0.318 e. The summed E-state index contributed by atoms with van der Waals surface area (Å²) in [5.74, 6) is 0.558. The Morgan fingerprint density at radius 2 is 2.29 bits per heavy atom. The molecule has 2 atom stereocenters. The number of aromatic nitrogens is 2. The fourth-order valence-electron chi connectivity index (χ4n) is 1.90. The largest absolute Gasteiger partial charge is 0.407 e. The van der Waals surface area contributed by atoms with E-state index in [0.717, 1.165) is 0 Å². The van der Waals surface area contributed by atoms with Gasteiger partial charge in [-0.2, -0.15) is 0 Å². The van der Waals surface area contributed by atoms with Crippen molar-refractivity contribution in [3.8, 4) is 0 Å². The molecule has 0 aliphatic carbocycles. The maximum atomic E-state index is 9.13. The fraction of sp³-hybridized carbons (Fsp3) is 0.800. The first-order valence-corrected chi connectivity index (χ1v) is 5.71. The summed E-state index contributed by atoms with van der Waals surface area (Å²) in [6.45, 7) is 3.77. The summed E-state index contributed by atoms with van der Waals surface area (Å²) in [6.07, 6.45) is -0.154. The van der Waals surface area contributed by atoms with Crippen molar-refractivity contribution < 1.29 is 14.3 Å². The Balaban J connectivity index is 2.04. The van der Waals surface area contributed by atoms with Crippen LogP contribution in [-0.4, -0.2) is 54.3 Å². The van der Waals surface area contributed by atoms with Gasteiger partial charge in [0.15, 0.2) is 0 Å². The monoisotopic (exact) mass is 242 g/mol. The van der Waals surface area contributed by atoms with Crippen molar-refractivity contribution >= 4 is 6.01 Å². The summed E-state index contributed by atoms with van der Waals surface area (Å²) in [5.41, 5.74) is 0. The lowest BCUT2D eigenvalue weighted by molar-refractivity contribution is -0.0433. The van der Waals surface area contributed by atoms with Crippen molar-refractivity contribution in [2.24, 2.45) is 0 Å². The van der Waals surface area contributed by atoms with Gasteiger partial charge in [-0.25, -0.2) is 0 Å². The van der Waals surface area contributed by atoms with Crippen LogP contribution in [0.15, 0.2) is 4.42 Å². The molecule has 0 saturated carbocycles. The number of hydrogen-bond donors (Lipinski definition) is 2. The van der Waals surface area contributed by atoms with Crippen LogP contribution < -0.4 is 10.2 Å². The van der Waals surface area contributed by atoms with E-state index in [1.807, 2.05) is 18.9 Å². The number of ether oxygens (including phenoxy) is 1. The van der Waals surface area contributed by atoms with E-state index in [-0.39, 0.29) is 18.8 Å². The van der Waals surface area contributed by atoms with Crippen LogP contribution in [0, 0.1) is 0 Å². The summed E-state index contributed by atoms with van der Waals surface area (Å²) in [6, 6.07) is 0.490. The molecule has 7 heteroatoms. The topological polar surface area (TPSA) is 83.7 Å². The van der Waals surface area contributed by atoms with Gasteiger partial charge in [-0.3, -0.25) is 0 Å². The van der Waals surface area contributed by atoms with Crippen LogP contribution >= 0.6 is 0 Å². The zero-order valence-corrected chi connectivity index (χ0v) is 10.1. The van der Waals surface area contributed by atoms with E-state index >= 15 is 0 Å². The molecule has 0 amide bonds. The summed E-state index contributed by atoms with van der Waals surface area (Å²) < 4.78 is 11.1. The van der Waals surface area contributed by atoms with Gasteiger partial charge in [-0.1, -0.05) is 5.10 Å². The fourth-order valence-corrected chi connectivity index (χ4v) is 1.90. The molecule has 0 spiro atoms. The SMILES string of the molecule is CNCc1nnc(N2CC(C)OC(CO)C2)o1. The molecule has 0 bridgehead atoms. The lowest BCUT2D eigenvalue weighted by atomic mass is 10.2. The van der Waals surface area contributed by atoms with Crippen LogP contribution in [0.5, 0.6) is 0 Å². The highest BCUT2D eigenvalue weighted by Crippen LogP contribution is 2.18. The maximum absolute atomic E-state index is 9.13. The summed E-state index contributed by atoms with van der Waals surface area (Å²) in [4.78, 5) is 1.95. The lowest BCUT2D eigenvalue weighted by Crippen LogP contribution is -2.48. The molecule has 2 N–H and O–H groups in total. The van der Waals surface area contributed by atoms with Gasteiger partial charge in [0, 0.05) is 6.54 Å². The van der Waals surface area contributed by atoms with Crippen molar-refractivity contribution in [3.63, 3.8) is 0 Å². The van der Waals surface area contributed by atoms with Gasteiger partial charge in [0.25, 0.3) is 0 Å². The third-order valence-corrected chi connectivity index (χ3v) is 2.58. The second kappa shape index (κ2) is 5.44. The number of nitrogens with zero attached hydrogens (tertiary/aromatic N) is 3. The van der Waals surface area contributed by atoms with E-state index < -0.39 is 0 Å². The summed E-state index contributed by atoms with van der Waals surface area (Å²) in [7, 11) is 1.82. The van der Waals surface area contributed by atoms with Gasteiger partial charge in [0.2, 0.25) is 5.89 Å². The number of aliphatic hydroxyl groups excluding tert-OH is 1. The van der Waals surface area contributed by atoms with Crippen molar-refractivity contribution in [3.05, 3.63) is 5.89 Å². The third-order valence-electron chi connectivity index (χ3n) is 2.58. The Bertz CT molecular complexity index is 357. The minimum atomic E-state index is -0.196. The van der Waals surface area contributed by atoms with Crippen LogP contribution in [0.4, 0.5) is 6.01 Å². The Labute approximate surface area is 99.8 Å². The molecule has 1 aliphatic heterocycles. The van der Waals surface area contributed by atoms with Crippen LogP contribution in [0.25, 0.3) is 0 Å². The van der Waals surface area contributed by atoms with Crippen LogP contribution in [0.3, 0.4) is 0 Å². The van der Waals surface area contributed by atoms with Crippen LogP contribution in [-0.2, 0) is 11.3 Å². The average molecular weight is 242 g/mol. The molecular weight excluding hydrogens is 224 g/mol. The Hall–Kier alpha value is -1.18. The third kappa shape index (κ3) is 2.93. The van der Waals surface area contributed by atoms with E-state index in [1.54, 1.807) is 0 Å². The van der Waals surface area contributed by atoms with Crippen molar-refractivity contribution in [1.29, 1.82) is 0 Å². The van der Waals surface area contributed by atoms with Gasteiger partial charge in [-0.05, 0) is 14.0 Å². The highest BCUT2D eigenvalue weighted by atomic mass is 16.5. The molecule has 96 valence electrons. The predicted molar refractivity (Wildman–Crippen MR) is 60.7 cm³/mol. The van der Waals surface area contributed by atoms with Crippen molar-refractivity contribution in [2.45, 2.75) is 25.7 Å². The Kier molecular flexibility index (Phi) is 3.93. The minimum absolute atomic E-state index is 0.00164. The number of anilines is 1. The van der Waals surface area contributed by atoms with Gasteiger partial charge in [-0.15, -0.1) is 5.10 Å². The standard InChI is InChI=1S/C10H18N4O3/c1-7-4-14(5-8(6-15)16-7)10-13-12-9(17-10)3-11-2/h7-8,11,15H,3-6H2,1-2H3. The molecular formula is C10H18N4O3. The second-order valence-corrected chi connectivity index (χ2v) is 4.16. The number of nitrogens with one attached hydrogen (secondary N) is 1. The molecule has 7 nitrogen and oxygen atoms in total. The molecule has 1 saturated heterocycles. The zero-order valence-electron chi connectivity index (χ0n) is 10.1. The number of hydrogen-bond acceptors (Lipinski definition) is 7. The van der Waals surface area contributed by atoms with E-state index in [9.17, 15) is 0 Å². The van der Waals surface area contributed by atoms with Gasteiger partial charge in [0.05, 0.1) is 31.9 Å².